The van der Waals surface area contributed by atoms with Crippen LogP contribution in [0.2, 0.25) is 0 Å². The summed E-state index contributed by atoms with van der Waals surface area (Å²) in [5.74, 6) is 0. The number of aromatic nitrogens is 1. The first-order valence-corrected chi connectivity index (χ1v) is 8.23. The molecule has 1 aliphatic rings. The standard InChI is InChI=1S/C17H29N3/c1-2-20(15-16-9-11-18-12-10-16)14-13-19-17-7-5-3-4-6-8-17/h9-12,17,19H,2-8,13-15H2,1H3. The van der Waals surface area contributed by atoms with Gasteiger partial charge in [0.05, 0.1) is 0 Å². The molecular weight excluding hydrogens is 246 g/mol. The normalized spacial score (nSPS) is 17.3. The summed E-state index contributed by atoms with van der Waals surface area (Å²) in [7, 11) is 0. The minimum absolute atomic E-state index is 0.761. The van der Waals surface area contributed by atoms with Gasteiger partial charge in [-0.1, -0.05) is 32.6 Å². The maximum absolute atomic E-state index is 4.08. The number of likely N-dealkylation sites (N-methyl/N-ethyl adjacent to an activating group) is 1. The summed E-state index contributed by atoms with van der Waals surface area (Å²) < 4.78 is 0. The second-order valence-electron chi connectivity index (χ2n) is 5.87. The second kappa shape index (κ2) is 9.09. The van der Waals surface area contributed by atoms with Gasteiger partial charge in [-0.2, -0.15) is 0 Å². The number of pyridine rings is 1. The van der Waals surface area contributed by atoms with Crippen LogP contribution >= 0.6 is 0 Å². The van der Waals surface area contributed by atoms with E-state index in [-0.39, 0.29) is 0 Å². The van der Waals surface area contributed by atoms with Crippen molar-refractivity contribution in [2.24, 2.45) is 0 Å². The van der Waals surface area contributed by atoms with Crippen molar-refractivity contribution in [3.63, 3.8) is 0 Å². The zero-order valence-electron chi connectivity index (χ0n) is 12.9. The zero-order chi connectivity index (χ0) is 14.0. The van der Waals surface area contributed by atoms with Crippen LogP contribution in [0.5, 0.6) is 0 Å². The minimum Gasteiger partial charge on any atom is -0.313 e. The van der Waals surface area contributed by atoms with E-state index in [9.17, 15) is 0 Å². The van der Waals surface area contributed by atoms with E-state index < -0.39 is 0 Å². The zero-order valence-corrected chi connectivity index (χ0v) is 12.9. The summed E-state index contributed by atoms with van der Waals surface area (Å²) in [6.45, 7) is 6.63. The molecule has 0 unspecified atom stereocenters. The molecule has 2 rings (SSSR count). The monoisotopic (exact) mass is 275 g/mol. The summed E-state index contributed by atoms with van der Waals surface area (Å²) in [4.78, 5) is 6.58. The van der Waals surface area contributed by atoms with E-state index in [1.165, 1.54) is 44.1 Å². The second-order valence-corrected chi connectivity index (χ2v) is 5.87. The lowest BCUT2D eigenvalue weighted by atomic mass is 10.1. The summed E-state index contributed by atoms with van der Waals surface area (Å²) in [5, 5.41) is 3.76. The fourth-order valence-electron chi connectivity index (χ4n) is 3.01. The van der Waals surface area contributed by atoms with Crippen molar-refractivity contribution in [1.29, 1.82) is 0 Å². The molecule has 0 spiro atoms. The molecule has 0 saturated heterocycles. The van der Waals surface area contributed by atoms with Crippen LogP contribution in [0.3, 0.4) is 0 Å². The van der Waals surface area contributed by atoms with E-state index in [1.807, 2.05) is 12.4 Å². The lowest BCUT2D eigenvalue weighted by Gasteiger charge is -2.23. The summed E-state index contributed by atoms with van der Waals surface area (Å²) >= 11 is 0. The van der Waals surface area contributed by atoms with Gasteiger partial charge in [-0.25, -0.2) is 0 Å². The maximum atomic E-state index is 4.08. The lowest BCUT2D eigenvalue weighted by molar-refractivity contribution is 0.271. The Balaban J connectivity index is 1.68. The fourth-order valence-corrected chi connectivity index (χ4v) is 3.01. The number of nitrogens with one attached hydrogen (secondary N) is 1. The Kier molecular flexibility index (Phi) is 7.02. The van der Waals surface area contributed by atoms with Crippen molar-refractivity contribution in [3.8, 4) is 0 Å². The maximum Gasteiger partial charge on any atom is 0.0271 e. The van der Waals surface area contributed by atoms with Gasteiger partial charge in [-0.15, -0.1) is 0 Å². The third kappa shape index (κ3) is 5.59. The molecule has 1 saturated carbocycles. The summed E-state index contributed by atoms with van der Waals surface area (Å²) in [6.07, 6.45) is 12.2. The number of hydrogen-bond acceptors (Lipinski definition) is 3. The molecule has 3 nitrogen and oxygen atoms in total. The van der Waals surface area contributed by atoms with Gasteiger partial charge < -0.3 is 5.32 Å². The minimum atomic E-state index is 0.761. The average Bonchev–Trinajstić information content (AvgIpc) is 2.76. The Morgan fingerprint density at radius 2 is 1.85 bits per heavy atom. The lowest BCUT2D eigenvalue weighted by Crippen LogP contribution is -2.36. The average molecular weight is 275 g/mol. The molecule has 1 aliphatic carbocycles. The molecule has 3 heteroatoms. The molecule has 0 radical (unpaired) electrons. The molecule has 1 N–H and O–H groups in total. The first-order chi connectivity index (χ1) is 9.88. The van der Waals surface area contributed by atoms with E-state index >= 15 is 0 Å². The topological polar surface area (TPSA) is 28.2 Å². The Morgan fingerprint density at radius 1 is 1.15 bits per heavy atom. The van der Waals surface area contributed by atoms with Crippen LogP contribution in [0.25, 0.3) is 0 Å². The van der Waals surface area contributed by atoms with Gasteiger partial charge in [0.1, 0.15) is 0 Å². The molecule has 1 aromatic rings. The Morgan fingerprint density at radius 3 is 2.50 bits per heavy atom. The van der Waals surface area contributed by atoms with Crippen LogP contribution in [-0.2, 0) is 6.54 Å². The molecule has 0 bridgehead atoms. The first-order valence-electron chi connectivity index (χ1n) is 8.23. The molecule has 1 fully saturated rings. The van der Waals surface area contributed by atoms with Gasteiger partial charge in [0.2, 0.25) is 0 Å². The quantitative estimate of drug-likeness (QED) is 0.775. The molecule has 1 aromatic heterocycles. The van der Waals surface area contributed by atoms with Crippen LogP contribution in [0.15, 0.2) is 24.5 Å². The van der Waals surface area contributed by atoms with Crippen LogP contribution in [0.4, 0.5) is 0 Å². The van der Waals surface area contributed by atoms with E-state index in [4.69, 9.17) is 0 Å². The highest BCUT2D eigenvalue weighted by atomic mass is 15.1. The third-order valence-electron chi connectivity index (χ3n) is 4.32. The van der Waals surface area contributed by atoms with Crippen molar-refractivity contribution >= 4 is 0 Å². The number of rotatable bonds is 7. The number of nitrogens with zero attached hydrogens (tertiary/aromatic N) is 2. The Labute approximate surface area is 123 Å². The van der Waals surface area contributed by atoms with E-state index in [1.54, 1.807) is 0 Å². The highest BCUT2D eigenvalue weighted by Crippen LogP contribution is 2.16. The molecule has 1 heterocycles. The molecule has 0 atom stereocenters. The van der Waals surface area contributed by atoms with Gasteiger partial charge in [0.15, 0.2) is 0 Å². The van der Waals surface area contributed by atoms with Gasteiger partial charge in [0.25, 0.3) is 0 Å². The van der Waals surface area contributed by atoms with Crippen molar-refractivity contribution in [1.82, 2.24) is 15.2 Å². The SMILES string of the molecule is CCN(CCNC1CCCCCC1)Cc1ccncc1. The molecular formula is C17H29N3. The van der Waals surface area contributed by atoms with Gasteiger partial charge in [0, 0.05) is 38.1 Å². The van der Waals surface area contributed by atoms with Crippen LogP contribution < -0.4 is 5.32 Å². The summed E-state index contributed by atoms with van der Waals surface area (Å²) in [5.41, 5.74) is 1.36. The Hall–Kier alpha value is -0.930. The highest BCUT2D eigenvalue weighted by molar-refractivity contribution is 5.09. The smallest absolute Gasteiger partial charge is 0.0271 e. The van der Waals surface area contributed by atoms with E-state index in [0.717, 1.165) is 32.2 Å². The van der Waals surface area contributed by atoms with Crippen LogP contribution in [-0.4, -0.2) is 35.6 Å². The van der Waals surface area contributed by atoms with Crippen LogP contribution in [0.1, 0.15) is 51.0 Å². The van der Waals surface area contributed by atoms with Crippen molar-refractivity contribution in [2.75, 3.05) is 19.6 Å². The van der Waals surface area contributed by atoms with Crippen molar-refractivity contribution < 1.29 is 0 Å². The van der Waals surface area contributed by atoms with Gasteiger partial charge in [-0.3, -0.25) is 9.88 Å². The van der Waals surface area contributed by atoms with Gasteiger partial charge >= 0.3 is 0 Å². The Bertz CT molecular complexity index is 345. The van der Waals surface area contributed by atoms with E-state index in [2.05, 4.69) is 34.3 Å². The molecule has 112 valence electrons. The molecule has 0 aliphatic heterocycles. The number of hydrogen-bond donors (Lipinski definition) is 1. The fraction of sp³-hybridized carbons (Fsp3) is 0.706. The predicted octanol–water partition coefficient (Wildman–Crippen LogP) is 3.22. The molecule has 0 amide bonds. The van der Waals surface area contributed by atoms with Gasteiger partial charge in [-0.05, 0) is 37.1 Å². The third-order valence-corrected chi connectivity index (χ3v) is 4.32. The van der Waals surface area contributed by atoms with Crippen molar-refractivity contribution in [3.05, 3.63) is 30.1 Å². The summed E-state index contributed by atoms with van der Waals surface area (Å²) in [6, 6.07) is 4.99. The molecule has 20 heavy (non-hydrogen) atoms. The van der Waals surface area contributed by atoms with Crippen LogP contribution in [0, 0.1) is 0 Å². The van der Waals surface area contributed by atoms with Crippen molar-refractivity contribution in [2.45, 2.75) is 58.0 Å². The highest BCUT2D eigenvalue weighted by Gasteiger charge is 2.11. The largest absolute Gasteiger partial charge is 0.313 e. The molecule has 0 aromatic carbocycles. The predicted molar refractivity (Wildman–Crippen MR) is 84.7 cm³/mol. The first kappa shape index (κ1) is 15.5. The van der Waals surface area contributed by atoms with E-state index in [0.29, 0.717) is 0 Å².